The minimum Gasteiger partial charge on any atom is -0.379 e. The van der Waals surface area contributed by atoms with Crippen LogP contribution < -0.4 is 0 Å². The molecule has 2 rings (SSSR count). The molecule has 2 aliphatic rings. The van der Waals surface area contributed by atoms with E-state index in [0.29, 0.717) is 13.2 Å². The predicted octanol–water partition coefficient (Wildman–Crippen LogP) is 4.11. The lowest BCUT2D eigenvalue weighted by atomic mass is 9.67. The first-order chi connectivity index (χ1) is 11.3. The molecule has 2 fully saturated rings. The van der Waals surface area contributed by atoms with Gasteiger partial charge in [0.1, 0.15) is 0 Å². The van der Waals surface area contributed by atoms with Crippen molar-refractivity contribution in [1.82, 2.24) is 0 Å². The average molecular weight is 328 g/mol. The van der Waals surface area contributed by atoms with E-state index in [1.807, 2.05) is 0 Å². The number of fused-ring (bicyclic) bond motifs is 1. The third-order valence-corrected chi connectivity index (χ3v) is 5.46. The molecule has 4 nitrogen and oxygen atoms in total. The first kappa shape index (κ1) is 19.2. The zero-order valence-electron chi connectivity index (χ0n) is 15.2. The summed E-state index contributed by atoms with van der Waals surface area (Å²) in [4.78, 5) is 0. The van der Waals surface area contributed by atoms with Crippen molar-refractivity contribution >= 4 is 0 Å². The highest BCUT2D eigenvalue weighted by atomic mass is 16.6. The number of ether oxygens (including phenoxy) is 4. The maximum atomic E-state index is 6.58. The summed E-state index contributed by atoms with van der Waals surface area (Å²) in [5.74, 6) is 0. The summed E-state index contributed by atoms with van der Waals surface area (Å²) in [7, 11) is 0. The Bertz CT molecular complexity index is 318. The molecular weight excluding hydrogens is 292 g/mol. The molecule has 2 atom stereocenters. The highest BCUT2D eigenvalue weighted by Crippen LogP contribution is 2.47. The SMILES string of the molecule is CCCC12CCCCC1(CC)OCCCOCCOCCCO2. The average Bonchev–Trinajstić information content (AvgIpc) is 2.57. The molecule has 1 saturated carbocycles. The van der Waals surface area contributed by atoms with E-state index in [1.54, 1.807) is 0 Å². The van der Waals surface area contributed by atoms with Crippen LogP contribution in [0.2, 0.25) is 0 Å². The van der Waals surface area contributed by atoms with Gasteiger partial charge < -0.3 is 18.9 Å². The van der Waals surface area contributed by atoms with E-state index in [0.717, 1.165) is 71.4 Å². The summed E-state index contributed by atoms with van der Waals surface area (Å²) in [6.45, 7) is 8.93. The zero-order chi connectivity index (χ0) is 16.4. The van der Waals surface area contributed by atoms with Crippen LogP contribution in [0.15, 0.2) is 0 Å². The largest absolute Gasteiger partial charge is 0.379 e. The van der Waals surface area contributed by atoms with E-state index < -0.39 is 0 Å². The van der Waals surface area contributed by atoms with Crippen molar-refractivity contribution < 1.29 is 18.9 Å². The van der Waals surface area contributed by atoms with Gasteiger partial charge >= 0.3 is 0 Å². The fourth-order valence-electron chi connectivity index (χ4n) is 4.29. The van der Waals surface area contributed by atoms with Gasteiger partial charge in [0.2, 0.25) is 0 Å². The van der Waals surface area contributed by atoms with E-state index in [-0.39, 0.29) is 11.2 Å². The molecule has 136 valence electrons. The van der Waals surface area contributed by atoms with Crippen molar-refractivity contribution in [1.29, 1.82) is 0 Å². The highest BCUT2D eigenvalue weighted by Gasteiger charge is 2.53. The normalized spacial score (nSPS) is 35.2. The third kappa shape index (κ3) is 4.91. The summed E-state index contributed by atoms with van der Waals surface area (Å²) >= 11 is 0. The smallest absolute Gasteiger partial charge is 0.0970 e. The molecule has 1 heterocycles. The van der Waals surface area contributed by atoms with Gasteiger partial charge in [0.05, 0.1) is 24.4 Å². The number of rotatable bonds is 3. The second-order valence-corrected chi connectivity index (χ2v) is 6.93. The van der Waals surface area contributed by atoms with Gasteiger partial charge in [0.25, 0.3) is 0 Å². The molecule has 0 bridgehead atoms. The Morgan fingerprint density at radius 2 is 1.22 bits per heavy atom. The Morgan fingerprint density at radius 3 is 1.78 bits per heavy atom. The van der Waals surface area contributed by atoms with Crippen LogP contribution in [-0.4, -0.2) is 50.8 Å². The van der Waals surface area contributed by atoms with Gasteiger partial charge in [-0.3, -0.25) is 0 Å². The minimum absolute atomic E-state index is 0.111. The molecule has 2 unspecified atom stereocenters. The van der Waals surface area contributed by atoms with Gasteiger partial charge in [-0.25, -0.2) is 0 Å². The molecule has 1 aliphatic heterocycles. The fraction of sp³-hybridized carbons (Fsp3) is 1.00. The maximum Gasteiger partial charge on any atom is 0.0970 e. The first-order valence-corrected chi connectivity index (χ1v) is 9.72. The van der Waals surface area contributed by atoms with Crippen LogP contribution in [0, 0.1) is 0 Å². The van der Waals surface area contributed by atoms with Crippen molar-refractivity contribution in [2.45, 2.75) is 82.8 Å². The van der Waals surface area contributed by atoms with Gasteiger partial charge in [-0.1, -0.05) is 33.1 Å². The standard InChI is InChI=1S/C19H36O4/c1-3-9-19-11-6-5-10-18(19,4-2)22-14-7-12-20-16-17-21-13-8-15-23-19/h3-17H2,1-2H3. The molecule has 0 aromatic carbocycles. The molecule has 0 aromatic heterocycles. The molecule has 0 N–H and O–H groups in total. The van der Waals surface area contributed by atoms with Crippen molar-refractivity contribution in [2.24, 2.45) is 0 Å². The van der Waals surface area contributed by atoms with Gasteiger partial charge in [0, 0.05) is 26.4 Å². The van der Waals surface area contributed by atoms with Crippen LogP contribution in [0.1, 0.15) is 71.6 Å². The van der Waals surface area contributed by atoms with Gasteiger partial charge in [0.15, 0.2) is 0 Å². The van der Waals surface area contributed by atoms with Crippen LogP contribution >= 0.6 is 0 Å². The van der Waals surface area contributed by atoms with E-state index >= 15 is 0 Å². The zero-order valence-corrected chi connectivity index (χ0v) is 15.2. The summed E-state index contributed by atoms with van der Waals surface area (Å²) < 4.78 is 24.4. The predicted molar refractivity (Wildman–Crippen MR) is 91.9 cm³/mol. The van der Waals surface area contributed by atoms with Crippen LogP contribution in [0.3, 0.4) is 0 Å². The van der Waals surface area contributed by atoms with Crippen LogP contribution in [0.4, 0.5) is 0 Å². The first-order valence-electron chi connectivity index (χ1n) is 9.72. The van der Waals surface area contributed by atoms with Gasteiger partial charge in [-0.05, 0) is 38.5 Å². The van der Waals surface area contributed by atoms with Gasteiger partial charge in [-0.2, -0.15) is 0 Å². The van der Waals surface area contributed by atoms with Gasteiger partial charge in [-0.15, -0.1) is 0 Å². The second-order valence-electron chi connectivity index (χ2n) is 6.93. The van der Waals surface area contributed by atoms with E-state index in [9.17, 15) is 0 Å². The maximum absolute atomic E-state index is 6.58. The van der Waals surface area contributed by atoms with E-state index in [1.165, 1.54) is 12.8 Å². The molecule has 1 aliphatic carbocycles. The number of hydrogen-bond donors (Lipinski definition) is 0. The van der Waals surface area contributed by atoms with Crippen LogP contribution in [0.25, 0.3) is 0 Å². The van der Waals surface area contributed by atoms with Crippen molar-refractivity contribution in [2.75, 3.05) is 39.6 Å². The van der Waals surface area contributed by atoms with E-state index in [4.69, 9.17) is 18.9 Å². The lowest BCUT2D eigenvalue weighted by Crippen LogP contribution is -2.59. The van der Waals surface area contributed by atoms with Crippen LogP contribution in [-0.2, 0) is 18.9 Å². The summed E-state index contributed by atoms with van der Waals surface area (Å²) in [5, 5.41) is 0. The lowest BCUT2D eigenvalue weighted by Gasteiger charge is -2.53. The van der Waals surface area contributed by atoms with Crippen molar-refractivity contribution in [3.05, 3.63) is 0 Å². The second kappa shape index (κ2) is 9.97. The Kier molecular flexibility index (Phi) is 8.31. The topological polar surface area (TPSA) is 36.9 Å². The Labute approximate surface area is 142 Å². The molecule has 4 heteroatoms. The Balaban J connectivity index is 2.12. The monoisotopic (exact) mass is 328 g/mol. The summed E-state index contributed by atoms with van der Waals surface area (Å²) in [6, 6.07) is 0. The molecule has 0 radical (unpaired) electrons. The summed E-state index contributed by atoms with van der Waals surface area (Å²) in [6.07, 6.45) is 9.93. The molecular formula is C19H36O4. The Hall–Kier alpha value is -0.160. The quantitative estimate of drug-likeness (QED) is 0.781. The lowest BCUT2D eigenvalue weighted by molar-refractivity contribution is -0.235. The summed E-state index contributed by atoms with van der Waals surface area (Å²) in [5.41, 5.74) is -0.230. The molecule has 0 aromatic rings. The number of hydrogen-bond acceptors (Lipinski definition) is 4. The molecule has 0 spiro atoms. The highest BCUT2D eigenvalue weighted by molar-refractivity contribution is 5.04. The van der Waals surface area contributed by atoms with E-state index in [2.05, 4.69) is 13.8 Å². The fourth-order valence-corrected chi connectivity index (χ4v) is 4.29. The molecule has 1 saturated heterocycles. The molecule has 23 heavy (non-hydrogen) atoms. The third-order valence-electron chi connectivity index (χ3n) is 5.46. The van der Waals surface area contributed by atoms with Crippen molar-refractivity contribution in [3.8, 4) is 0 Å². The molecule has 0 amide bonds. The Morgan fingerprint density at radius 1 is 0.652 bits per heavy atom. The van der Waals surface area contributed by atoms with Crippen LogP contribution in [0.5, 0.6) is 0 Å². The van der Waals surface area contributed by atoms with Crippen molar-refractivity contribution in [3.63, 3.8) is 0 Å². The minimum atomic E-state index is -0.119.